The van der Waals surface area contributed by atoms with Gasteiger partial charge >= 0.3 is 0 Å². The number of nitrogens with one attached hydrogen (secondary N) is 1. The van der Waals surface area contributed by atoms with Crippen LogP contribution in [0.2, 0.25) is 0 Å². The van der Waals surface area contributed by atoms with E-state index in [9.17, 15) is 5.11 Å². The molecular formula is C16H27NO2. The Balaban J connectivity index is 2.71. The van der Waals surface area contributed by atoms with Crippen molar-refractivity contribution in [2.45, 2.75) is 46.3 Å². The number of hydrogen-bond acceptors (Lipinski definition) is 3. The number of ether oxygens (including phenoxy) is 1. The molecule has 0 radical (unpaired) electrons. The van der Waals surface area contributed by atoms with E-state index in [-0.39, 0.29) is 6.10 Å². The molecule has 0 fully saturated rings. The molecule has 1 aromatic carbocycles. The standard InChI is InChI=1S/C16H27NO2/c1-12(2)10-17-11-16(5,18)14-7-6-8-15(9-14)19-13(3)4/h6-9,12-13,17-18H,10-11H2,1-5H3. The van der Waals surface area contributed by atoms with E-state index in [2.05, 4.69) is 19.2 Å². The van der Waals surface area contributed by atoms with Gasteiger partial charge in [-0.05, 0) is 50.9 Å². The molecule has 0 aliphatic carbocycles. The van der Waals surface area contributed by atoms with Crippen molar-refractivity contribution < 1.29 is 9.84 Å². The Bertz CT molecular complexity index is 386. The molecular weight excluding hydrogens is 238 g/mol. The van der Waals surface area contributed by atoms with E-state index in [1.807, 2.05) is 45.0 Å². The van der Waals surface area contributed by atoms with Crippen LogP contribution in [0, 0.1) is 5.92 Å². The zero-order chi connectivity index (χ0) is 14.5. The molecule has 0 saturated carbocycles. The lowest BCUT2D eigenvalue weighted by atomic mass is 9.95. The fraction of sp³-hybridized carbons (Fsp3) is 0.625. The summed E-state index contributed by atoms with van der Waals surface area (Å²) in [5, 5.41) is 13.8. The summed E-state index contributed by atoms with van der Waals surface area (Å²) >= 11 is 0. The highest BCUT2D eigenvalue weighted by molar-refractivity contribution is 5.32. The second-order valence-corrected chi connectivity index (χ2v) is 5.99. The van der Waals surface area contributed by atoms with Gasteiger partial charge in [0, 0.05) is 6.54 Å². The minimum Gasteiger partial charge on any atom is -0.491 e. The summed E-state index contributed by atoms with van der Waals surface area (Å²) in [6.07, 6.45) is 0.138. The molecule has 19 heavy (non-hydrogen) atoms. The van der Waals surface area contributed by atoms with Crippen molar-refractivity contribution in [3.05, 3.63) is 29.8 Å². The van der Waals surface area contributed by atoms with Crippen LogP contribution in [0.3, 0.4) is 0 Å². The van der Waals surface area contributed by atoms with E-state index in [0.29, 0.717) is 12.5 Å². The second kappa shape index (κ2) is 6.92. The average Bonchev–Trinajstić information content (AvgIpc) is 2.27. The SMILES string of the molecule is CC(C)CNCC(C)(O)c1cccc(OC(C)C)c1. The van der Waals surface area contributed by atoms with Crippen molar-refractivity contribution in [2.75, 3.05) is 13.1 Å². The number of benzene rings is 1. The van der Waals surface area contributed by atoms with Crippen molar-refractivity contribution >= 4 is 0 Å². The number of hydrogen-bond donors (Lipinski definition) is 2. The summed E-state index contributed by atoms with van der Waals surface area (Å²) in [5.41, 5.74) is -0.00693. The Morgan fingerprint density at radius 3 is 2.53 bits per heavy atom. The van der Waals surface area contributed by atoms with E-state index in [4.69, 9.17) is 4.74 Å². The van der Waals surface area contributed by atoms with Crippen molar-refractivity contribution in [2.24, 2.45) is 5.92 Å². The Labute approximate surface area is 117 Å². The molecule has 0 heterocycles. The van der Waals surface area contributed by atoms with Crippen LogP contribution in [0.15, 0.2) is 24.3 Å². The normalized spacial score (nSPS) is 14.7. The summed E-state index contributed by atoms with van der Waals surface area (Å²) in [7, 11) is 0. The lowest BCUT2D eigenvalue weighted by Gasteiger charge is -2.25. The van der Waals surface area contributed by atoms with Crippen LogP contribution < -0.4 is 10.1 Å². The molecule has 0 aliphatic heterocycles. The van der Waals surface area contributed by atoms with Gasteiger partial charge in [0.2, 0.25) is 0 Å². The first-order valence-electron chi connectivity index (χ1n) is 7.01. The summed E-state index contributed by atoms with van der Waals surface area (Å²) in [4.78, 5) is 0. The van der Waals surface area contributed by atoms with E-state index in [1.165, 1.54) is 0 Å². The molecule has 2 N–H and O–H groups in total. The van der Waals surface area contributed by atoms with E-state index in [0.717, 1.165) is 17.9 Å². The second-order valence-electron chi connectivity index (χ2n) is 5.99. The summed E-state index contributed by atoms with van der Waals surface area (Å²) in [6, 6.07) is 7.69. The topological polar surface area (TPSA) is 41.5 Å². The fourth-order valence-corrected chi connectivity index (χ4v) is 1.88. The van der Waals surface area contributed by atoms with Crippen LogP contribution in [0.4, 0.5) is 0 Å². The summed E-state index contributed by atoms with van der Waals surface area (Å²) < 4.78 is 5.66. The molecule has 1 atom stereocenters. The van der Waals surface area contributed by atoms with Gasteiger partial charge in [0.25, 0.3) is 0 Å². The van der Waals surface area contributed by atoms with E-state index >= 15 is 0 Å². The molecule has 0 aliphatic rings. The van der Waals surface area contributed by atoms with Crippen molar-refractivity contribution in [1.29, 1.82) is 0 Å². The average molecular weight is 265 g/mol. The quantitative estimate of drug-likeness (QED) is 0.796. The van der Waals surface area contributed by atoms with Gasteiger partial charge in [0.05, 0.1) is 11.7 Å². The minimum absolute atomic E-state index is 0.138. The first-order valence-corrected chi connectivity index (χ1v) is 7.01. The molecule has 0 bridgehead atoms. The lowest BCUT2D eigenvalue weighted by Crippen LogP contribution is -2.37. The van der Waals surface area contributed by atoms with Gasteiger partial charge in [-0.15, -0.1) is 0 Å². The van der Waals surface area contributed by atoms with Crippen molar-refractivity contribution in [3.8, 4) is 5.75 Å². The van der Waals surface area contributed by atoms with Gasteiger partial charge in [-0.3, -0.25) is 0 Å². The van der Waals surface area contributed by atoms with Crippen molar-refractivity contribution in [1.82, 2.24) is 5.32 Å². The highest BCUT2D eigenvalue weighted by atomic mass is 16.5. The molecule has 0 amide bonds. The zero-order valence-electron chi connectivity index (χ0n) is 12.7. The number of aliphatic hydroxyl groups is 1. The van der Waals surface area contributed by atoms with Gasteiger partial charge in [-0.1, -0.05) is 26.0 Å². The molecule has 1 rings (SSSR count). The molecule has 3 nitrogen and oxygen atoms in total. The van der Waals surface area contributed by atoms with Crippen LogP contribution >= 0.6 is 0 Å². The number of rotatable bonds is 7. The largest absolute Gasteiger partial charge is 0.491 e. The first kappa shape index (κ1) is 16.0. The Hall–Kier alpha value is -1.06. The first-order chi connectivity index (χ1) is 8.81. The molecule has 3 heteroatoms. The van der Waals surface area contributed by atoms with Gasteiger partial charge in [0.1, 0.15) is 5.75 Å². The Morgan fingerprint density at radius 1 is 1.26 bits per heavy atom. The molecule has 0 saturated heterocycles. The van der Waals surface area contributed by atoms with Gasteiger partial charge in [-0.2, -0.15) is 0 Å². The van der Waals surface area contributed by atoms with Gasteiger partial charge in [0.15, 0.2) is 0 Å². The molecule has 1 unspecified atom stereocenters. The van der Waals surface area contributed by atoms with Crippen LogP contribution in [0.5, 0.6) is 5.75 Å². The van der Waals surface area contributed by atoms with Gasteiger partial charge < -0.3 is 15.2 Å². The maximum Gasteiger partial charge on any atom is 0.120 e. The summed E-state index contributed by atoms with van der Waals surface area (Å²) in [6.45, 7) is 11.6. The van der Waals surface area contributed by atoms with E-state index in [1.54, 1.807) is 0 Å². The molecule has 0 spiro atoms. The third-order valence-electron chi connectivity index (χ3n) is 2.85. The highest BCUT2D eigenvalue weighted by Gasteiger charge is 2.23. The minimum atomic E-state index is -0.884. The van der Waals surface area contributed by atoms with Crippen LogP contribution in [-0.2, 0) is 5.60 Å². The maximum absolute atomic E-state index is 10.5. The predicted molar refractivity (Wildman–Crippen MR) is 79.5 cm³/mol. The van der Waals surface area contributed by atoms with Crippen LogP contribution in [-0.4, -0.2) is 24.3 Å². The van der Waals surface area contributed by atoms with Crippen LogP contribution in [0.25, 0.3) is 0 Å². The van der Waals surface area contributed by atoms with Crippen LogP contribution in [0.1, 0.15) is 40.2 Å². The van der Waals surface area contributed by atoms with E-state index < -0.39 is 5.60 Å². The predicted octanol–water partition coefficient (Wildman–Crippen LogP) is 2.93. The van der Waals surface area contributed by atoms with Crippen molar-refractivity contribution in [3.63, 3.8) is 0 Å². The highest BCUT2D eigenvalue weighted by Crippen LogP contribution is 2.24. The lowest BCUT2D eigenvalue weighted by molar-refractivity contribution is 0.0560. The zero-order valence-corrected chi connectivity index (χ0v) is 12.7. The summed E-state index contributed by atoms with van der Waals surface area (Å²) in [5.74, 6) is 1.38. The van der Waals surface area contributed by atoms with Gasteiger partial charge in [-0.25, -0.2) is 0 Å². The smallest absolute Gasteiger partial charge is 0.120 e. The third-order valence-corrected chi connectivity index (χ3v) is 2.85. The third kappa shape index (κ3) is 5.62. The molecule has 0 aromatic heterocycles. The monoisotopic (exact) mass is 265 g/mol. The molecule has 108 valence electrons. The Morgan fingerprint density at radius 2 is 1.95 bits per heavy atom. The Kier molecular flexibility index (Phi) is 5.83. The molecule has 1 aromatic rings. The fourth-order valence-electron chi connectivity index (χ4n) is 1.88. The maximum atomic E-state index is 10.5.